The SMILES string of the molecule is O=C(Nc1nnns1)c1ccc2cc(Br)ccc2c1. The van der Waals surface area contributed by atoms with Crippen molar-refractivity contribution in [1.82, 2.24) is 14.8 Å². The van der Waals surface area contributed by atoms with Crippen LogP contribution in [0.3, 0.4) is 0 Å². The lowest BCUT2D eigenvalue weighted by atomic mass is 10.1. The fourth-order valence-corrected chi connectivity index (χ4v) is 2.45. The Bertz CT molecular complexity index is 745. The third-order valence-corrected chi connectivity index (χ3v) is 3.59. The molecule has 1 amide bonds. The van der Waals surface area contributed by atoms with Gasteiger partial charge in [0.05, 0.1) is 0 Å². The summed E-state index contributed by atoms with van der Waals surface area (Å²) in [5, 5.41) is 12.2. The first kappa shape index (κ1) is 12.2. The van der Waals surface area contributed by atoms with E-state index in [1.165, 1.54) is 0 Å². The number of fused-ring (bicyclic) bond motifs is 1. The summed E-state index contributed by atoms with van der Waals surface area (Å²) in [5.74, 6) is -0.219. The van der Waals surface area contributed by atoms with Crippen LogP contribution in [0.5, 0.6) is 0 Å². The van der Waals surface area contributed by atoms with E-state index in [1.54, 1.807) is 6.07 Å². The molecule has 0 spiro atoms. The molecule has 3 rings (SSSR count). The molecule has 0 radical (unpaired) electrons. The standard InChI is InChI=1S/C12H7BrN4OS/c13-10-4-3-7-5-9(2-1-8(7)6-10)11(18)14-12-15-16-17-19-12/h1-6H,(H,14,15,17,18). The summed E-state index contributed by atoms with van der Waals surface area (Å²) in [6.45, 7) is 0. The first-order chi connectivity index (χ1) is 9.22. The lowest BCUT2D eigenvalue weighted by molar-refractivity contribution is 0.102. The summed E-state index contributed by atoms with van der Waals surface area (Å²) in [6, 6.07) is 11.4. The predicted molar refractivity (Wildman–Crippen MR) is 77.3 cm³/mol. The van der Waals surface area contributed by atoms with E-state index in [1.807, 2.05) is 30.3 Å². The second-order valence-electron chi connectivity index (χ2n) is 3.83. The molecule has 1 heterocycles. The van der Waals surface area contributed by atoms with Crippen LogP contribution < -0.4 is 5.32 Å². The lowest BCUT2D eigenvalue weighted by Crippen LogP contribution is -2.11. The fourth-order valence-electron chi connectivity index (χ4n) is 1.71. The van der Waals surface area contributed by atoms with Crippen molar-refractivity contribution in [2.45, 2.75) is 0 Å². The van der Waals surface area contributed by atoms with Crippen LogP contribution in [0.1, 0.15) is 10.4 Å². The Kier molecular flexibility index (Phi) is 3.22. The zero-order valence-electron chi connectivity index (χ0n) is 9.50. The van der Waals surface area contributed by atoms with E-state index in [0.717, 1.165) is 26.8 Å². The number of hydrogen-bond donors (Lipinski definition) is 1. The van der Waals surface area contributed by atoms with Crippen LogP contribution in [0.2, 0.25) is 0 Å². The number of nitrogens with one attached hydrogen (secondary N) is 1. The molecule has 0 fully saturated rings. The second-order valence-corrected chi connectivity index (χ2v) is 5.48. The minimum atomic E-state index is -0.219. The van der Waals surface area contributed by atoms with Gasteiger partial charge in [-0.25, -0.2) is 0 Å². The molecule has 5 nitrogen and oxygen atoms in total. The molecule has 1 aromatic heterocycles. The third kappa shape index (κ3) is 2.61. The van der Waals surface area contributed by atoms with Gasteiger partial charge in [0, 0.05) is 21.6 Å². The average Bonchev–Trinajstić information content (AvgIpc) is 2.91. The minimum absolute atomic E-state index is 0.219. The number of halogens is 1. The van der Waals surface area contributed by atoms with Gasteiger partial charge in [0.25, 0.3) is 5.91 Å². The highest BCUT2D eigenvalue weighted by Gasteiger charge is 2.09. The van der Waals surface area contributed by atoms with E-state index in [9.17, 15) is 4.79 Å². The summed E-state index contributed by atoms with van der Waals surface area (Å²) in [6.07, 6.45) is 0. The molecule has 19 heavy (non-hydrogen) atoms. The van der Waals surface area contributed by atoms with Gasteiger partial charge in [0.15, 0.2) is 0 Å². The van der Waals surface area contributed by atoms with Crippen LogP contribution in [-0.2, 0) is 0 Å². The number of carbonyl (C=O) groups is 1. The van der Waals surface area contributed by atoms with Gasteiger partial charge in [0.2, 0.25) is 5.13 Å². The Morgan fingerprint density at radius 3 is 2.74 bits per heavy atom. The molecule has 0 unspecified atom stereocenters. The molecule has 0 aliphatic heterocycles. The highest BCUT2D eigenvalue weighted by molar-refractivity contribution is 9.10. The van der Waals surface area contributed by atoms with Crippen molar-refractivity contribution in [2.24, 2.45) is 0 Å². The Hall–Kier alpha value is -1.86. The van der Waals surface area contributed by atoms with Crippen LogP contribution in [0, 0.1) is 0 Å². The van der Waals surface area contributed by atoms with Crippen LogP contribution in [0.25, 0.3) is 10.8 Å². The minimum Gasteiger partial charge on any atom is -0.295 e. The average molecular weight is 335 g/mol. The molecule has 94 valence electrons. The zero-order valence-corrected chi connectivity index (χ0v) is 11.9. The first-order valence-electron chi connectivity index (χ1n) is 5.38. The predicted octanol–water partition coefficient (Wildman–Crippen LogP) is 3.10. The van der Waals surface area contributed by atoms with E-state index >= 15 is 0 Å². The maximum atomic E-state index is 12.0. The number of rotatable bonds is 2. The molecule has 0 aliphatic rings. The third-order valence-electron chi connectivity index (χ3n) is 2.58. The molecule has 0 atom stereocenters. The van der Waals surface area contributed by atoms with Gasteiger partial charge < -0.3 is 0 Å². The molecule has 1 N–H and O–H groups in total. The molecule has 0 saturated heterocycles. The second kappa shape index (κ2) is 5.02. The highest BCUT2D eigenvalue weighted by atomic mass is 79.9. The van der Waals surface area contributed by atoms with Crippen LogP contribution >= 0.6 is 27.5 Å². The van der Waals surface area contributed by atoms with Crippen molar-refractivity contribution < 1.29 is 4.79 Å². The quantitative estimate of drug-likeness (QED) is 0.781. The number of anilines is 1. The number of carbonyl (C=O) groups excluding carboxylic acids is 1. The van der Waals surface area contributed by atoms with Crippen molar-refractivity contribution in [1.29, 1.82) is 0 Å². The van der Waals surface area contributed by atoms with Gasteiger partial charge in [-0.15, -0.1) is 0 Å². The van der Waals surface area contributed by atoms with Crippen LogP contribution in [-0.4, -0.2) is 20.7 Å². The maximum absolute atomic E-state index is 12.0. The molecule has 3 aromatic rings. The zero-order chi connectivity index (χ0) is 13.2. The molecule has 7 heteroatoms. The van der Waals surface area contributed by atoms with Crippen molar-refractivity contribution in [3.05, 3.63) is 46.4 Å². The van der Waals surface area contributed by atoms with Crippen molar-refractivity contribution in [2.75, 3.05) is 5.32 Å². The number of nitrogens with zero attached hydrogens (tertiary/aromatic N) is 3. The Morgan fingerprint density at radius 1 is 1.16 bits per heavy atom. The van der Waals surface area contributed by atoms with E-state index in [0.29, 0.717) is 10.7 Å². The molecular weight excluding hydrogens is 328 g/mol. The van der Waals surface area contributed by atoms with Gasteiger partial charge in [-0.05, 0) is 40.3 Å². The first-order valence-corrected chi connectivity index (χ1v) is 6.95. The van der Waals surface area contributed by atoms with E-state index in [2.05, 4.69) is 36.0 Å². The largest absolute Gasteiger partial charge is 0.295 e. The van der Waals surface area contributed by atoms with E-state index in [-0.39, 0.29) is 5.91 Å². The van der Waals surface area contributed by atoms with Gasteiger partial charge in [0.1, 0.15) is 0 Å². The van der Waals surface area contributed by atoms with Crippen LogP contribution in [0.4, 0.5) is 5.13 Å². The summed E-state index contributed by atoms with van der Waals surface area (Å²) in [5.41, 5.74) is 0.574. The van der Waals surface area contributed by atoms with Crippen molar-refractivity contribution in [3.8, 4) is 0 Å². The van der Waals surface area contributed by atoms with Gasteiger partial charge in [-0.1, -0.05) is 37.6 Å². The molecule has 0 bridgehead atoms. The van der Waals surface area contributed by atoms with E-state index in [4.69, 9.17) is 0 Å². The topological polar surface area (TPSA) is 67.8 Å². The van der Waals surface area contributed by atoms with Gasteiger partial charge in [-0.3, -0.25) is 10.1 Å². The number of hydrogen-bond acceptors (Lipinski definition) is 5. The summed E-state index contributed by atoms with van der Waals surface area (Å²) >= 11 is 4.46. The van der Waals surface area contributed by atoms with Gasteiger partial charge in [-0.2, -0.15) is 0 Å². The van der Waals surface area contributed by atoms with Gasteiger partial charge >= 0.3 is 0 Å². The van der Waals surface area contributed by atoms with Crippen molar-refractivity contribution in [3.63, 3.8) is 0 Å². The molecule has 2 aromatic carbocycles. The molecule has 0 aliphatic carbocycles. The summed E-state index contributed by atoms with van der Waals surface area (Å²) in [4.78, 5) is 12.0. The van der Waals surface area contributed by atoms with Crippen molar-refractivity contribution >= 4 is 49.3 Å². The number of benzene rings is 2. The van der Waals surface area contributed by atoms with Crippen LogP contribution in [0.15, 0.2) is 40.9 Å². The Balaban J connectivity index is 1.92. The Labute approximate surface area is 120 Å². The summed E-state index contributed by atoms with van der Waals surface area (Å²) in [7, 11) is 0. The number of amides is 1. The monoisotopic (exact) mass is 334 g/mol. The Morgan fingerprint density at radius 2 is 1.95 bits per heavy atom. The normalized spacial score (nSPS) is 10.6. The fraction of sp³-hybridized carbons (Fsp3) is 0. The molecular formula is C12H7BrN4OS. The lowest BCUT2D eigenvalue weighted by Gasteiger charge is -2.03. The molecule has 0 saturated carbocycles. The smallest absolute Gasteiger partial charge is 0.257 e. The van der Waals surface area contributed by atoms with E-state index < -0.39 is 0 Å². The highest BCUT2D eigenvalue weighted by Crippen LogP contribution is 2.21. The number of aromatic nitrogens is 3. The summed E-state index contributed by atoms with van der Waals surface area (Å²) < 4.78 is 4.60. The maximum Gasteiger partial charge on any atom is 0.257 e.